The van der Waals surface area contributed by atoms with Crippen LogP contribution in [0.1, 0.15) is 22.4 Å². The molecule has 0 atom stereocenters. The first-order valence-corrected chi connectivity index (χ1v) is 8.89. The lowest BCUT2D eigenvalue weighted by Crippen LogP contribution is -2.12. The molecule has 0 radical (unpaired) electrons. The second kappa shape index (κ2) is 5.83. The van der Waals surface area contributed by atoms with Crippen molar-refractivity contribution in [2.24, 2.45) is 0 Å². The molecule has 2 heterocycles. The molecule has 0 aliphatic carbocycles. The van der Waals surface area contributed by atoms with E-state index in [1.54, 1.807) is 18.2 Å². The summed E-state index contributed by atoms with van der Waals surface area (Å²) in [6.07, 6.45) is 0. The van der Waals surface area contributed by atoms with Crippen molar-refractivity contribution in [2.45, 2.75) is 32.8 Å². The van der Waals surface area contributed by atoms with E-state index in [4.69, 9.17) is 8.94 Å². The Morgan fingerprint density at radius 2 is 1.75 bits per heavy atom. The van der Waals surface area contributed by atoms with Crippen LogP contribution in [0.5, 0.6) is 0 Å². The number of sulfonamides is 1. The van der Waals surface area contributed by atoms with Gasteiger partial charge in [0, 0.05) is 11.3 Å². The van der Waals surface area contributed by atoms with Gasteiger partial charge in [-0.25, -0.2) is 0 Å². The van der Waals surface area contributed by atoms with E-state index in [2.05, 4.69) is 9.88 Å². The molecule has 1 aromatic carbocycles. The maximum atomic E-state index is 12.5. The first-order chi connectivity index (χ1) is 11.3. The minimum atomic E-state index is -3.81. The lowest BCUT2D eigenvalue weighted by molar-refractivity contribution is 0.398. The third kappa shape index (κ3) is 2.94. The summed E-state index contributed by atoms with van der Waals surface area (Å²) in [5.74, 6) is 0.758. The molecule has 0 aliphatic rings. The van der Waals surface area contributed by atoms with E-state index in [9.17, 15) is 8.42 Å². The number of nitrogens with zero attached hydrogens (tertiary/aromatic N) is 1. The normalized spacial score (nSPS) is 11.7. The van der Waals surface area contributed by atoms with Gasteiger partial charge in [0.15, 0.2) is 5.76 Å². The average molecular weight is 346 g/mol. The van der Waals surface area contributed by atoms with Crippen LogP contribution in [0.15, 0.2) is 44.4 Å². The van der Waals surface area contributed by atoms with Crippen LogP contribution in [0.3, 0.4) is 0 Å². The molecule has 24 heavy (non-hydrogen) atoms. The van der Waals surface area contributed by atoms with Gasteiger partial charge in [0.2, 0.25) is 10.9 Å². The van der Waals surface area contributed by atoms with Gasteiger partial charge < -0.3 is 8.94 Å². The van der Waals surface area contributed by atoms with E-state index < -0.39 is 10.0 Å². The summed E-state index contributed by atoms with van der Waals surface area (Å²) in [5, 5.41) is 3.67. The van der Waals surface area contributed by atoms with Gasteiger partial charge >= 0.3 is 0 Å². The summed E-state index contributed by atoms with van der Waals surface area (Å²) in [5.41, 5.74) is 4.13. The highest BCUT2D eigenvalue weighted by Crippen LogP contribution is 2.29. The number of anilines is 1. The number of rotatable bonds is 4. The fourth-order valence-electron chi connectivity index (χ4n) is 2.24. The highest BCUT2D eigenvalue weighted by atomic mass is 32.2. The number of hydrogen-bond acceptors (Lipinski definition) is 5. The minimum absolute atomic E-state index is 0.177. The molecular formula is C17H18N2O4S. The SMILES string of the molecule is Cc1ccc(NS(=O)(=O)c2ccc(-c3onc(C)c3C)o2)cc1C. The number of aryl methyl sites for hydroxylation is 3. The van der Waals surface area contributed by atoms with Gasteiger partial charge in [-0.1, -0.05) is 11.2 Å². The van der Waals surface area contributed by atoms with Crippen molar-refractivity contribution < 1.29 is 17.4 Å². The van der Waals surface area contributed by atoms with Crippen molar-refractivity contribution in [1.29, 1.82) is 0 Å². The fraction of sp³-hybridized carbons (Fsp3) is 0.235. The largest absolute Gasteiger partial charge is 0.439 e. The first kappa shape index (κ1) is 16.3. The maximum absolute atomic E-state index is 12.5. The van der Waals surface area contributed by atoms with Gasteiger partial charge in [-0.3, -0.25) is 4.72 Å². The summed E-state index contributed by atoms with van der Waals surface area (Å²) in [7, 11) is -3.81. The molecule has 126 valence electrons. The van der Waals surface area contributed by atoms with Crippen LogP contribution >= 0.6 is 0 Å². The third-order valence-electron chi connectivity index (χ3n) is 3.99. The third-order valence-corrected chi connectivity index (χ3v) is 5.24. The molecule has 0 spiro atoms. The van der Waals surface area contributed by atoms with Gasteiger partial charge in [-0.2, -0.15) is 8.42 Å². The number of aromatic nitrogens is 1. The Hall–Kier alpha value is -2.54. The van der Waals surface area contributed by atoms with E-state index in [0.717, 1.165) is 22.4 Å². The van der Waals surface area contributed by atoms with Gasteiger partial charge in [-0.05, 0) is 63.1 Å². The summed E-state index contributed by atoms with van der Waals surface area (Å²) in [4.78, 5) is 0. The molecular weight excluding hydrogens is 328 g/mol. The van der Waals surface area contributed by atoms with Crippen LogP contribution in [-0.2, 0) is 10.0 Å². The predicted molar refractivity (Wildman–Crippen MR) is 90.4 cm³/mol. The fourth-order valence-corrected chi connectivity index (χ4v) is 3.23. The van der Waals surface area contributed by atoms with Crippen LogP contribution in [-0.4, -0.2) is 13.6 Å². The Labute approximate surface area is 140 Å². The molecule has 0 saturated carbocycles. The zero-order valence-corrected chi connectivity index (χ0v) is 14.7. The monoisotopic (exact) mass is 346 g/mol. The van der Waals surface area contributed by atoms with Gasteiger partial charge in [0.05, 0.1) is 5.69 Å². The molecule has 0 fully saturated rings. The van der Waals surface area contributed by atoms with Crippen molar-refractivity contribution in [3.05, 3.63) is 52.7 Å². The molecule has 0 bridgehead atoms. The summed E-state index contributed by atoms with van der Waals surface area (Å²) in [6, 6.07) is 8.31. The Kier molecular flexibility index (Phi) is 3.96. The Balaban J connectivity index is 1.90. The topological polar surface area (TPSA) is 85.3 Å². The second-order valence-corrected chi connectivity index (χ2v) is 7.36. The standard InChI is InChI=1S/C17H18N2O4S/c1-10-5-6-14(9-11(10)2)19-24(20,21)16-8-7-15(22-16)17-12(3)13(4)18-23-17/h5-9,19H,1-4H3. The molecule has 6 nitrogen and oxygen atoms in total. The summed E-state index contributed by atoms with van der Waals surface area (Å²) >= 11 is 0. The first-order valence-electron chi connectivity index (χ1n) is 7.41. The minimum Gasteiger partial charge on any atom is -0.439 e. The Morgan fingerprint density at radius 1 is 1.00 bits per heavy atom. The smallest absolute Gasteiger partial charge is 0.295 e. The van der Waals surface area contributed by atoms with Crippen LogP contribution in [0.25, 0.3) is 11.5 Å². The van der Waals surface area contributed by atoms with Crippen molar-refractivity contribution in [3.8, 4) is 11.5 Å². The van der Waals surface area contributed by atoms with Crippen LogP contribution in [0.4, 0.5) is 5.69 Å². The van der Waals surface area contributed by atoms with E-state index in [1.165, 1.54) is 6.07 Å². The van der Waals surface area contributed by atoms with Crippen LogP contribution in [0.2, 0.25) is 0 Å². The highest BCUT2D eigenvalue weighted by molar-refractivity contribution is 7.92. The van der Waals surface area contributed by atoms with Crippen molar-refractivity contribution in [3.63, 3.8) is 0 Å². The zero-order valence-electron chi connectivity index (χ0n) is 13.9. The predicted octanol–water partition coefficient (Wildman–Crippen LogP) is 3.97. The molecule has 3 rings (SSSR count). The lowest BCUT2D eigenvalue weighted by atomic mass is 10.1. The van der Waals surface area contributed by atoms with Crippen molar-refractivity contribution in [1.82, 2.24) is 5.16 Å². The van der Waals surface area contributed by atoms with E-state index in [-0.39, 0.29) is 5.09 Å². The molecule has 1 N–H and O–H groups in total. The number of nitrogens with one attached hydrogen (secondary N) is 1. The highest BCUT2D eigenvalue weighted by Gasteiger charge is 2.22. The molecule has 3 aromatic rings. The molecule has 0 unspecified atom stereocenters. The zero-order chi connectivity index (χ0) is 17.5. The van der Waals surface area contributed by atoms with Gasteiger partial charge in [0.25, 0.3) is 10.0 Å². The summed E-state index contributed by atoms with van der Waals surface area (Å²) in [6.45, 7) is 7.54. The van der Waals surface area contributed by atoms with Crippen molar-refractivity contribution >= 4 is 15.7 Å². The van der Waals surface area contributed by atoms with E-state index >= 15 is 0 Å². The number of benzene rings is 1. The van der Waals surface area contributed by atoms with E-state index in [1.807, 2.05) is 33.8 Å². The van der Waals surface area contributed by atoms with Crippen LogP contribution < -0.4 is 4.72 Å². The lowest BCUT2D eigenvalue weighted by Gasteiger charge is -2.08. The Bertz CT molecular complexity index is 1000. The Morgan fingerprint density at radius 3 is 2.38 bits per heavy atom. The maximum Gasteiger partial charge on any atom is 0.295 e. The molecule has 2 aromatic heterocycles. The summed E-state index contributed by atoms with van der Waals surface area (Å²) < 4.78 is 38.1. The van der Waals surface area contributed by atoms with Crippen molar-refractivity contribution in [2.75, 3.05) is 4.72 Å². The van der Waals surface area contributed by atoms with Crippen LogP contribution in [0, 0.1) is 27.7 Å². The molecule has 0 aliphatic heterocycles. The molecule has 0 amide bonds. The van der Waals surface area contributed by atoms with Gasteiger partial charge in [0.1, 0.15) is 0 Å². The average Bonchev–Trinajstić information content (AvgIpc) is 3.12. The van der Waals surface area contributed by atoms with Gasteiger partial charge in [-0.15, -0.1) is 0 Å². The quantitative estimate of drug-likeness (QED) is 0.772. The van der Waals surface area contributed by atoms with E-state index in [0.29, 0.717) is 17.2 Å². The number of furan rings is 1. The molecule has 0 saturated heterocycles. The molecule has 7 heteroatoms. The second-order valence-electron chi connectivity index (χ2n) is 5.75. The number of hydrogen-bond donors (Lipinski definition) is 1.